The van der Waals surface area contributed by atoms with Gasteiger partial charge in [0, 0.05) is 17.7 Å². The number of rotatable bonds is 2. The van der Waals surface area contributed by atoms with Crippen molar-refractivity contribution in [3.8, 4) is 11.5 Å². The monoisotopic (exact) mass is 243 g/mol. The van der Waals surface area contributed by atoms with E-state index in [9.17, 15) is 10.1 Å². The first-order valence-corrected chi connectivity index (χ1v) is 5.41. The molecule has 0 amide bonds. The highest BCUT2D eigenvalue weighted by molar-refractivity contribution is 5.43. The third-order valence-electron chi connectivity index (χ3n) is 2.69. The van der Waals surface area contributed by atoms with Crippen LogP contribution in [0.2, 0.25) is 0 Å². The molecule has 0 fully saturated rings. The first-order valence-electron chi connectivity index (χ1n) is 5.41. The number of hydrogen-bond donors (Lipinski definition) is 0. The summed E-state index contributed by atoms with van der Waals surface area (Å²) in [7, 11) is 0. The van der Waals surface area contributed by atoms with Crippen LogP contribution in [0.5, 0.6) is 11.5 Å². The lowest BCUT2D eigenvalue weighted by Gasteiger charge is -2.09. The summed E-state index contributed by atoms with van der Waals surface area (Å²) in [6.45, 7) is 0. The van der Waals surface area contributed by atoms with Gasteiger partial charge < -0.3 is 9.47 Å². The molecule has 2 aromatic carbocycles. The largest absolute Gasteiger partial charge is 0.447 e. The smallest absolute Gasteiger partial charge is 0.269 e. The summed E-state index contributed by atoms with van der Waals surface area (Å²) in [5, 5.41) is 10.6. The zero-order chi connectivity index (χ0) is 12.5. The van der Waals surface area contributed by atoms with E-state index in [4.69, 9.17) is 9.47 Å². The van der Waals surface area contributed by atoms with Crippen LogP contribution in [-0.2, 0) is 0 Å². The summed E-state index contributed by atoms with van der Waals surface area (Å²) in [6.07, 6.45) is -0.539. The minimum absolute atomic E-state index is 0.0502. The van der Waals surface area contributed by atoms with Crippen LogP contribution in [0, 0.1) is 10.1 Å². The molecule has 1 aliphatic rings. The van der Waals surface area contributed by atoms with Gasteiger partial charge >= 0.3 is 0 Å². The minimum Gasteiger partial charge on any atom is -0.447 e. The molecule has 1 heterocycles. The van der Waals surface area contributed by atoms with E-state index in [1.807, 2.05) is 24.3 Å². The molecule has 2 aromatic rings. The van der Waals surface area contributed by atoms with E-state index in [2.05, 4.69) is 0 Å². The molecule has 0 saturated heterocycles. The van der Waals surface area contributed by atoms with Crippen molar-refractivity contribution in [1.82, 2.24) is 0 Å². The Balaban J connectivity index is 1.84. The van der Waals surface area contributed by atoms with Crippen molar-refractivity contribution in [1.29, 1.82) is 0 Å². The van der Waals surface area contributed by atoms with Gasteiger partial charge in [-0.3, -0.25) is 10.1 Å². The second kappa shape index (κ2) is 4.03. The second-order valence-corrected chi connectivity index (χ2v) is 3.86. The van der Waals surface area contributed by atoms with E-state index < -0.39 is 11.2 Å². The van der Waals surface area contributed by atoms with E-state index in [0.717, 1.165) is 5.56 Å². The fourth-order valence-electron chi connectivity index (χ4n) is 1.79. The lowest BCUT2D eigenvalue weighted by molar-refractivity contribution is -0.384. The van der Waals surface area contributed by atoms with Crippen molar-refractivity contribution < 1.29 is 14.4 Å². The maximum atomic E-state index is 10.6. The molecule has 5 heteroatoms. The van der Waals surface area contributed by atoms with Gasteiger partial charge in [0.15, 0.2) is 11.5 Å². The number of benzene rings is 2. The van der Waals surface area contributed by atoms with E-state index >= 15 is 0 Å². The Morgan fingerprint density at radius 2 is 1.50 bits per heavy atom. The van der Waals surface area contributed by atoms with Crippen LogP contribution in [0.4, 0.5) is 5.69 Å². The number of fused-ring (bicyclic) bond motifs is 1. The Morgan fingerprint density at radius 3 is 2.00 bits per heavy atom. The Hall–Kier alpha value is -2.56. The summed E-state index contributed by atoms with van der Waals surface area (Å²) >= 11 is 0. The Bertz CT molecular complexity index is 569. The molecule has 0 atom stereocenters. The highest BCUT2D eigenvalue weighted by atomic mass is 16.7. The number of hydrogen-bond acceptors (Lipinski definition) is 4. The summed E-state index contributed by atoms with van der Waals surface area (Å²) < 4.78 is 11.2. The Labute approximate surface area is 103 Å². The van der Waals surface area contributed by atoms with Gasteiger partial charge in [-0.15, -0.1) is 0 Å². The van der Waals surface area contributed by atoms with Gasteiger partial charge in [-0.1, -0.05) is 12.1 Å². The first kappa shape index (κ1) is 10.6. The zero-order valence-electron chi connectivity index (χ0n) is 9.28. The van der Waals surface area contributed by atoms with Gasteiger partial charge in [-0.05, 0) is 24.3 Å². The summed E-state index contributed by atoms with van der Waals surface area (Å²) in [4.78, 5) is 10.1. The molecule has 0 aliphatic carbocycles. The topological polar surface area (TPSA) is 61.6 Å². The maximum absolute atomic E-state index is 10.6. The van der Waals surface area contributed by atoms with Gasteiger partial charge in [0.05, 0.1) is 4.92 Å². The number of nitro groups is 1. The highest BCUT2D eigenvalue weighted by Gasteiger charge is 2.25. The van der Waals surface area contributed by atoms with Crippen molar-refractivity contribution in [2.75, 3.05) is 0 Å². The van der Waals surface area contributed by atoms with Gasteiger partial charge in [0.2, 0.25) is 0 Å². The van der Waals surface area contributed by atoms with Crippen LogP contribution in [0.15, 0.2) is 48.5 Å². The van der Waals surface area contributed by atoms with Crippen molar-refractivity contribution in [3.63, 3.8) is 0 Å². The SMILES string of the molecule is O=[N+]([O-])c1ccc(C2Oc3ccccc3O2)cc1. The van der Waals surface area contributed by atoms with Gasteiger partial charge in [0.25, 0.3) is 12.0 Å². The first-order chi connectivity index (χ1) is 8.74. The fourth-order valence-corrected chi connectivity index (χ4v) is 1.79. The van der Waals surface area contributed by atoms with Gasteiger partial charge in [0.1, 0.15) is 0 Å². The zero-order valence-corrected chi connectivity index (χ0v) is 9.28. The third-order valence-corrected chi connectivity index (χ3v) is 2.69. The molecular formula is C13H9NO4. The molecule has 3 rings (SSSR count). The molecule has 0 aromatic heterocycles. The molecule has 0 radical (unpaired) electrons. The third kappa shape index (κ3) is 1.75. The average Bonchev–Trinajstić information content (AvgIpc) is 2.82. The Morgan fingerprint density at radius 1 is 0.944 bits per heavy atom. The summed E-state index contributed by atoms with van der Waals surface area (Å²) in [5.74, 6) is 1.36. The van der Waals surface area contributed by atoms with E-state index in [1.54, 1.807) is 12.1 Å². The predicted octanol–water partition coefficient (Wildman–Crippen LogP) is 3.06. The van der Waals surface area contributed by atoms with Crippen LogP contribution in [0.1, 0.15) is 11.9 Å². The normalized spacial score (nSPS) is 13.6. The minimum atomic E-state index is -0.539. The molecule has 0 N–H and O–H groups in total. The number of ether oxygens (including phenoxy) is 2. The van der Waals surface area contributed by atoms with Gasteiger partial charge in [-0.25, -0.2) is 0 Å². The van der Waals surface area contributed by atoms with E-state index in [0.29, 0.717) is 11.5 Å². The molecule has 0 spiro atoms. The van der Waals surface area contributed by atoms with Gasteiger partial charge in [-0.2, -0.15) is 0 Å². The molecule has 1 aliphatic heterocycles. The maximum Gasteiger partial charge on any atom is 0.269 e. The van der Waals surface area contributed by atoms with Crippen LogP contribution < -0.4 is 9.47 Å². The molecule has 0 saturated carbocycles. The van der Waals surface area contributed by atoms with Crippen molar-refractivity contribution in [2.24, 2.45) is 0 Å². The lowest BCUT2D eigenvalue weighted by Crippen LogP contribution is -2.07. The van der Waals surface area contributed by atoms with Crippen molar-refractivity contribution in [3.05, 3.63) is 64.2 Å². The van der Waals surface area contributed by atoms with Crippen LogP contribution in [-0.4, -0.2) is 4.92 Å². The van der Waals surface area contributed by atoms with Crippen LogP contribution in [0.3, 0.4) is 0 Å². The quantitative estimate of drug-likeness (QED) is 0.600. The Kier molecular flexibility index (Phi) is 2.37. The van der Waals surface area contributed by atoms with Crippen LogP contribution in [0.25, 0.3) is 0 Å². The molecular weight excluding hydrogens is 234 g/mol. The molecule has 90 valence electrons. The lowest BCUT2D eigenvalue weighted by atomic mass is 10.2. The number of nitro benzene ring substituents is 1. The molecule has 0 bridgehead atoms. The summed E-state index contributed by atoms with van der Waals surface area (Å²) in [6, 6.07) is 13.5. The van der Waals surface area contributed by atoms with E-state index in [1.165, 1.54) is 12.1 Å². The highest BCUT2D eigenvalue weighted by Crippen LogP contribution is 2.39. The standard InChI is InChI=1S/C13H9NO4/c15-14(16)10-7-5-9(6-8-10)13-17-11-3-1-2-4-12(11)18-13/h1-8,13H. The molecule has 5 nitrogen and oxygen atoms in total. The fraction of sp³-hybridized carbons (Fsp3) is 0.0769. The van der Waals surface area contributed by atoms with E-state index in [-0.39, 0.29) is 5.69 Å². The van der Waals surface area contributed by atoms with Crippen LogP contribution >= 0.6 is 0 Å². The molecule has 18 heavy (non-hydrogen) atoms. The number of nitrogens with zero attached hydrogens (tertiary/aromatic N) is 1. The van der Waals surface area contributed by atoms with Crippen molar-refractivity contribution in [2.45, 2.75) is 6.29 Å². The number of non-ortho nitro benzene ring substituents is 1. The molecule has 0 unspecified atom stereocenters. The predicted molar refractivity (Wildman–Crippen MR) is 63.5 cm³/mol. The second-order valence-electron chi connectivity index (χ2n) is 3.86. The number of para-hydroxylation sites is 2. The average molecular weight is 243 g/mol. The van der Waals surface area contributed by atoms with Crippen molar-refractivity contribution >= 4 is 5.69 Å². The summed E-state index contributed by atoms with van der Waals surface area (Å²) in [5.41, 5.74) is 0.797.